The van der Waals surface area contributed by atoms with Crippen LogP contribution in [0.3, 0.4) is 0 Å². The minimum Gasteiger partial charge on any atom is -0.475 e. The fraction of sp³-hybridized carbons (Fsp3) is 0.222. The number of nitrogens with one attached hydrogen (secondary N) is 1. The van der Waals surface area contributed by atoms with E-state index in [-0.39, 0.29) is 18.0 Å². The van der Waals surface area contributed by atoms with E-state index in [1.165, 1.54) is 0 Å². The fourth-order valence-electron chi connectivity index (χ4n) is 2.30. The molecule has 0 heterocycles. The van der Waals surface area contributed by atoms with Gasteiger partial charge in [0.05, 0.1) is 22.2 Å². The Kier molecular flexibility index (Phi) is 7.81. The van der Waals surface area contributed by atoms with Crippen molar-refractivity contribution in [1.29, 1.82) is 0 Å². The third-order valence-electron chi connectivity index (χ3n) is 3.73. The minimum atomic E-state index is -0.840. The third kappa shape index (κ3) is 5.98. The van der Waals surface area contributed by atoms with Gasteiger partial charge >= 0.3 is 17.3 Å². The van der Waals surface area contributed by atoms with Gasteiger partial charge in [0, 0.05) is 10.5 Å². The molecule has 0 aliphatic rings. The molecule has 0 bridgehead atoms. The van der Waals surface area contributed by atoms with Crippen molar-refractivity contribution < 1.29 is 24.1 Å². The number of hydrogen-bond donors (Lipinski definition) is 1. The highest BCUT2D eigenvalue weighted by Crippen LogP contribution is 2.37. The van der Waals surface area contributed by atoms with Crippen LogP contribution in [0, 0.1) is 20.2 Å². The van der Waals surface area contributed by atoms with Crippen LogP contribution in [0.2, 0.25) is 0 Å². The van der Waals surface area contributed by atoms with Crippen LogP contribution in [0.4, 0.5) is 17.1 Å². The Bertz CT molecular complexity index is 993. The number of nitro groups is 2. The van der Waals surface area contributed by atoms with Crippen LogP contribution >= 0.6 is 15.9 Å². The normalized spacial score (nSPS) is 11.0. The van der Waals surface area contributed by atoms with Crippen LogP contribution in [0.1, 0.15) is 19.4 Å². The zero-order valence-electron chi connectivity index (χ0n) is 16.0. The van der Waals surface area contributed by atoms with Crippen LogP contribution in [-0.2, 0) is 9.53 Å². The highest BCUT2D eigenvalue weighted by atomic mass is 79.9. The summed E-state index contributed by atoms with van der Waals surface area (Å²) >= 11 is 3.32. The maximum Gasteiger partial charge on any atom is 0.344 e. The molecule has 30 heavy (non-hydrogen) atoms. The Balaban J connectivity index is 2.38. The molecule has 158 valence electrons. The van der Waals surface area contributed by atoms with Gasteiger partial charge in [-0.1, -0.05) is 28.1 Å². The van der Waals surface area contributed by atoms with Gasteiger partial charge in [-0.2, -0.15) is 5.10 Å². The van der Waals surface area contributed by atoms with E-state index in [1.54, 1.807) is 26.0 Å². The summed E-state index contributed by atoms with van der Waals surface area (Å²) in [6.45, 7) is 2.81. The van der Waals surface area contributed by atoms with E-state index in [0.717, 1.165) is 22.2 Å². The molecule has 11 nitrogen and oxygen atoms in total. The summed E-state index contributed by atoms with van der Waals surface area (Å²) in [4.78, 5) is 32.5. The molecule has 0 aromatic heterocycles. The van der Waals surface area contributed by atoms with Gasteiger partial charge in [-0.15, -0.1) is 0 Å². The molecule has 0 radical (unpaired) electrons. The number of esters is 1. The topological polar surface area (TPSA) is 146 Å². The second kappa shape index (κ2) is 10.3. The van der Waals surface area contributed by atoms with Gasteiger partial charge in [0.15, 0.2) is 12.4 Å². The number of carbonyl (C=O) groups excluding carboxylic acids is 1. The van der Waals surface area contributed by atoms with Crippen LogP contribution in [-0.4, -0.2) is 34.7 Å². The van der Waals surface area contributed by atoms with Crippen molar-refractivity contribution in [3.05, 3.63) is 66.7 Å². The predicted octanol–water partition coefficient (Wildman–Crippen LogP) is 4.04. The first-order valence-corrected chi connectivity index (χ1v) is 9.33. The second-order valence-corrected chi connectivity index (χ2v) is 6.68. The molecule has 0 unspecified atom stereocenters. The van der Waals surface area contributed by atoms with E-state index in [0.29, 0.717) is 5.71 Å². The average molecular weight is 481 g/mol. The van der Waals surface area contributed by atoms with Crippen molar-refractivity contribution in [3.8, 4) is 5.75 Å². The first-order chi connectivity index (χ1) is 14.2. The number of nitro benzene ring substituents is 2. The molecule has 12 heteroatoms. The van der Waals surface area contributed by atoms with Crippen LogP contribution in [0.5, 0.6) is 5.75 Å². The van der Waals surface area contributed by atoms with Gasteiger partial charge in [-0.05, 0) is 31.5 Å². The summed E-state index contributed by atoms with van der Waals surface area (Å²) in [5.74, 6) is -1.07. The highest BCUT2D eigenvalue weighted by molar-refractivity contribution is 9.10. The van der Waals surface area contributed by atoms with E-state index >= 15 is 0 Å². The SMILES string of the molecule is CCOC(=O)COc1cc(N/N=C(/C)c2ccc(Br)cc2)c([N+](=O)[O-])cc1[N+](=O)[O-]. The number of benzene rings is 2. The van der Waals surface area contributed by atoms with Crippen molar-refractivity contribution in [2.75, 3.05) is 18.6 Å². The summed E-state index contributed by atoms with van der Waals surface area (Å²) in [5.41, 5.74) is 2.45. The largest absolute Gasteiger partial charge is 0.475 e. The van der Waals surface area contributed by atoms with Crippen LogP contribution in [0.25, 0.3) is 0 Å². The van der Waals surface area contributed by atoms with E-state index in [2.05, 4.69) is 26.5 Å². The first kappa shape index (κ1) is 22.7. The number of halogens is 1. The standard InChI is InChI=1S/C18H17BrN4O7/c1-3-29-18(24)10-30-17-8-14(15(22(25)26)9-16(17)23(27)28)21-20-11(2)12-4-6-13(19)7-5-12/h4-9,21H,3,10H2,1-2H3/b20-11-. The Labute approximate surface area is 179 Å². The summed E-state index contributed by atoms with van der Waals surface area (Å²) in [5, 5.41) is 26.8. The number of hydrazone groups is 1. The molecule has 0 fully saturated rings. The minimum absolute atomic E-state index is 0.113. The zero-order chi connectivity index (χ0) is 22.3. The highest BCUT2D eigenvalue weighted by Gasteiger charge is 2.26. The quantitative estimate of drug-likeness (QED) is 0.244. The van der Waals surface area contributed by atoms with Crippen molar-refractivity contribution in [1.82, 2.24) is 0 Å². The third-order valence-corrected chi connectivity index (χ3v) is 4.26. The molecule has 0 saturated carbocycles. The summed E-state index contributed by atoms with van der Waals surface area (Å²) in [6, 6.07) is 9.00. The molecule has 2 aromatic carbocycles. The van der Waals surface area contributed by atoms with E-state index < -0.39 is 33.8 Å². The lowest BCUT2D eigenvalue weighted by Gasteiger charge is -2.09. The van der Waals surface area contributed by atoms with Gasteiger partial charge in [-0.25, -0.2) is 4.79 Å². The Morgan fingerprint density at radius 1 is 1.13 bits per heavy atom. The van der Waals surface area contributed by atoms with E-state index in [4.69, 9.17) is 9.47 Å². The number of carbonyl (C=O) groups is 1. The van der Waals surface area contributed by atoms with Gasteiger partial charge in [0.2, 0.25) is 0 Å². The molecule has 0 spiro atoms. The second-order valence-electron chi connectivity index (χ2n) is 5.76. The van der Waals surface area contributed by atoms with Crippen LogP contribution < -0.4 is 10.2 Å². The molecular formula is C18H17BrN4O7. The van der Waals surface area contributed by atoms with Crippen LogP contribution in [0.15, 0.2) is 46.0 Å². The molecule has 2 rings (SSSR count). The number of rotatable bonds is 9. The van der Waals surface area contributed by atoms with Crippen molar-refractivity contribution in [2.24, 2.45) is 5.10 Å². The predicted molar refractivity (Wildman–Crippen MR) is 112 cm³/mol. The first-order valence-electron chi connectivity index (χ1n) is 8.54. The number of hydrogen-bond acceptors (Lipinski definition) is 9. The maximum atomic E-state index is 11.5. The number of anilines is 1. The smallest absolute Gasteiger partial charge is 0.344 e. The Hall–Kier alpha value is -3.54. The lowest BCUT2D eigenvalue weighted by Crippen LogP contribution is -2.15. The maximum absolute atomic E-state index is 11.5. The Morgan fingerprint density at radius 2 is 1.77 bits per heavy atom. The van der Waals surface area contributed by atoms with Crippen molar-refractivity contribution in [2.45, 2.75) is 13.8 Å². The van der Waals surface area contributed by atoms with Gasteiger partial charge in [0.1, 0.15) is 11.8 Å². The molecule has 0 atom stereocenters. The van der Waals surface area contributed by atoms with Gasteiger partial charge in [-0.3, -0.25) is 25.7 Å². The number of ether oxygens (including phenoxy) is 2. The van der Waals surface area contributed by atoms with E-state index in [9.17, 15) is 25.0 Å². The molecule has 0 amide bonds. The summed E-state index contributed by atoms with van der Waals surface area (Å²) < 4.78 is 10.7. The van der Waals surface area contributed by atoms with Crippen molar-refractivity contribution >= 4 is 44.7 Å². The molecule has 2 aromatic rings. The van der Waals surface area contributed by atoms with Gasteiger partial charge in [0.25, 0.3) is 0 Å². The van der Waals surface area contributed by atoms with E-state index in [1.807, 2.05) is 12.1 Å². The zero-order valence-corrected chi connectivity index (χ0v) is 17.5. The number of nitrogens with zero attached hydrogens (tertiary/aromatic N) is 3. The lowest BCUT2D eigenvalue weighted by atomic mass is 10.1. The summed E-state index contributed by atoms with van der Waals surface area (Å²) in [6.07, 6.45) is 0. The monoisotopic (exact) mass is 480 g/mol. The molecule has 0 aliphatic heterocycles. The molecule has 0 saturated heterocycles. The molecule has 1 N–H and O–H groups in total. The van der Waals surface area contributed by atoms with Gasteiger partial charge < -0.3 is 9.47 Å². The summed E-state index contributed by atoms with van der Waals surface area (Å²) in [7, 11) is 0. The lowest BCUT2D eigenvalue weighted by molar-refractivity contribution is -0.394. The van der Waals surface area contributed by atoms with Crippen molar-refractivity contribution in [3.63, 3.8) is 0 Å². The fourth-order valence-corrected chi connectivity index (χ4v) is 2.56. The molecular weight excluding hydrogens is 464 g/mol. The molecule has 0 aliphatic carbocycles. The Morgan fingerprint density at radius 3 is 2.33 bits per heavy atom. The average Bonchev–Trinajstić information content (AvgIpc) is 2.70.